The monoisotopic (exact) mass is 386 g/mol. The molecular weight excluding hydrogens is 374 g/mol. The zero-order valence-electron chi connectivity index (χ0n) is 13.9. The normalized spacial score (nSPS) is 11.3. The molecule has 136 valence electrons. The summed E-state index contributed by atoms with van der Waals surface area (Å²) in [5.74, 6) is -0.0794. The fraction of sp³-hybridized carbons (Fsp3) is 0.118. The molecule has 0 aliphatic carbocycles. The summed E-state index contributed by atoms with van der Waals surface area (Å²) in [7, 11) is 0. The van der Waals surface area contributed by atoms with Crippen molar-refractivity contribution in [2.75, 3.05) is 5.43 Å². The number of aromatic nitrogens is 5. The van der Waals surface area contributed by atoms with Crippen LogP contribution < -0.4 is 5.43 Å². The summed E-state index contributed by atoms with van der Waals surface area (Å²) in [6.07, 6.45) is 4.36. The lowest BCUT2D eigenvalue weighted by molar-refractivity contribution is 0.101. The van der Waals surface area contributed by atoms with Crippen molar-refractivity contribution in [1.82, 2.24) is 24.6 Å². The first-order valence-electron chi connectivity index (χ1n) is 7.82. The molecule has 0 bridgehead atoms. The summed E-state index contributed by atoms with van der Waals surface area (Å²) in [5, 5.41) is 2.73. The predicted molar refractivity (Wildman–Crippen MR) is 96.3 cm³/mol. The molecule has 0 saturated carbocycles. The average Bonchev–Trinajstić information content (AvgIpc) is 3.30. The van der Waals surface area contributed by atoms with Crippen molar-refractivity contribution < 1.29 is 13.6 Å². The van der Waals surface area contributed by atoms with Gasteiger partial charge in [-0.15, -0.1) is 11.3 Å². The molecule has 4 aromatic heterocycles. The highest BCUT2D eigenvalue weighted by Crippen LogP contribution is 2.28. The maximum Gasteiger partial charge on any atom is 0.273 e. The molecule has 27 heavy (non-hydrogen) atoms. The van der Waals surface area contributed by atoms with Gasteiger partial charge in [0.15, 0.2) is 10.8 Å². The number of amides is 1. The summed E-state index contributed by atoms with van der Waals surface area (Å²) in [6.45, 7) is 1.68. The summed E-state index contributed by atoms with van der Waals surface area (Å²) < 4.78 is 27.7. The molecule has 7 nitrogen and oxygen atoms in total. The lowest BCUT2D eigenvalue weighted by Crippen LogP contribution is -2.23. The minimum absolute atomic E-state index is 0.203. The maximum atomic E-state index is 13.2. The second-order valence-corrected chi connectivity index (χ2v) is 6.51. The topological polar surface area (TPSA) is 85.6 Å². The van der Waals surface area contributed by atoms with Gasteiger partial charge in [0.05, 0.1) is 16.8 Å². The number of alkyl halides is 2. The van der Waals surface area contributed by atoms with Crippen LogP contribution in [0, 0.1) is 6.92 Å². The van der Waals surface area contributed by atoms with Crippen LogP contribution in [-0.2, 0) is 0 Å². The van der Waals surface area contributed by atoms with Crippen LogP contribution in [0.2, 0.25) is 0 Å². The molecule has 0 aliphatic rings. The van der Waals surface area contributed by atoms with Crippen molar-refractivity contribution in [2.24, 2.45) is 0 Å². The van der Waals surface area contributed by atoms with Crippen LogP contribution in [0.3, 0.4) is 0 Å². The van der Waals surface area contributed by atoms with Gasteiger partial charge < -0.3 is 0 Å². The van der Waals surface area contributed by atoms with Gasteiger partial charge in [0.25, 0.3) is 12.3 Å². The van der Waals surface area contributed by atoms with Crippen LogP contribution >= 0.6 is 11.3 Å². The minimum Gasteiger partial charge on any atom is -0.267 e. The van der Waals surface area contributed by atoms with Gasteiger partial charge in [-0.3, -0.25) is 19.9 Å². The van der Waals surface area contributed by atoms with Crippen molar-refractivity contribution in [3.63, 3.8) is 0 Å². The van der Waals surface area contributed by atoms with E-state index in [9.17, 15) is 13.6 Å². The number of carbonyl (C=O) groups excluding carboxylic acids is 1. The van der Waals surface area contributed by atoms with E-state index in [1.807, 2.05) is 0 Å². The van der Waals surface area contributed by atoms with Crippen molar-refractivity contribution >= 4 is 28.1 Å². The second-order valence-electron chi connectivity index (χ2n) is 5.62. The molecule has 10 heteroatoms. The Morgan fingerprint density at radius 2 is 2.11 bits per heavy atom. The molecule has 0 radical (unpaired) electrons. The number of halogens is 2. The van der Waals surface area contributed by atoms with E-state index in [0.717, 1.165) is 0 Å². The molecule has 4 rings (SSSR count). The van der Waals surface area contributed by atoms with Crippen molar-refractivity contribution in [3.8, 4) is 10.8 Å². The molecular formula is C17H12F2N6OS. The first-order chi connectivity index (χ1) is 13.0. The van der Waals surface area contributed by atoms with Crippen molar-refractivity contribution in [1.29, 1.82) is 0 Å². The number of hydrogen-bond donors (Lipinski definition) is 1. The number of thiazole rings is 1. The molecule has 0 unspecified atom stereocenters. The summed E-state index contributed by atoms with van der Waals surface area (Å²) >= 11 is 1.39. The fourth-order valence-electron chi connectivity index (χ4n) is 2.66. The lowest BCUT2D eigenvalue weighted by atomic mass is 10.2. The zero-order chi connectivity index (χ0) is 19.0. The highest BCUT2D eigenvalue weighted by atomic mass is 32.1. The van der Waals surface area contributed by atoms with E-state index in [0.29, 0.717) is 22.0 Å². The van der Waals surface area contributed by atoms with Crippen molar-refractivity contribution in [2.45, 2.75) is 13.3 Å². The highest BCUT2D eigenvalue weighted by molar-refractivity contribution is 7.12. The molecule has 0 fully saturated rings. The van der Waals surface area contributed by atoms with E-state index in [2.05, 4.69) is 25.4 Å². The average molecular weight is 386 g/mol. The number of fused-ring (bicyclic) bond motifs is 1. The Hall–Kier alpha value is -3.27. The molecule has 1 N–H and O–H groups in total. The number of carbonyl (C=O) groups is 1. The van der Waals surface area contributed by atoms with Gasteiger partial charge >= 0.3 is 0 Å². The van der Waals surface area contributed by atoms with E-state index in [1.165, 1.54) is 40.8 Å². The first-order valence-corrected chi connectivity index (χ1v) is 8.70. The Morgan fingerprint density at radius 3 is 2.81 bits per heavy atom. The Morgan fingerprint density at radius 1 is 1.26 bits per heavy atom. The fourth-order valence-corrected chi connectivity index (χ4v) is 3.24. The molecule has 4 aromatic rings. The molecule has 0 aromatic carbocycles. The Kier molecular flexibility index (Phi) is 4.32. The molecule has 4 heterocycles. The van der Waals surface area contributed by atoms with Crippen LogP contribution in [-0.4, -0.2) is 30.5 Å². The third-order valence-corrected chi connectivity index (χ3v) is 4.71. The standard InChI is InChI=1S/C17H12F2N6OS/c1-9-10(7-22-15(23-9)17-21-4-5-27-17)16(26)24-25-8-12(14(18)19)11-6-20-3-2-13(11)25/h2-8,14H,1H3,(H,24,26). The van der Waals surface area contributed by atoms with Gasteiger partial charge in [0, 0.05) is 47.3 Å². The quantitative estimate of drug-likeness (QED) is 0.579. The third kappa shape index (κ3) is 3.14. The number of rotatable bonds is 4. The second kappa shape index (κ2) is 6.80. The van der Waals surface area contributed by atoms with Crippen LogP contribution in [0.1, 0.15) is 28.0 Å². The first kappa shape index (κ1) is 17.2. The summed E-state index contributed by atoms with van der Waals surface area (Å²) in [4.78, 5) is 29.1. The SMILES string of the molecule is Cc1nc(-c2nccs2)ncc1C(=O)Nn1cc(C(F)F)c2cnccc21. The summed E-state index contributed by atoms with van der Waals surface area (Å²) in [5.41, 5.74) is 3.51. The van der Waals surface area contributed by atoms with E-state index >= 15 is 0 Å². The van der Waals surface area contributed by atoms with Gasteiger partial charge in [-0.1, -0.05) is 0 Å². The highest BCUT2D eigenvalue weighted by Gasteiger charge is 2.19. The van der Waals surface area contributed by atoms with Gasteiger partial charge in [0.1, 0.15) is 0 Å². The largest absolute Gasteiger partial charge is 0.273 e. The van der Waals surface area contributed by atoms with Crippen LogP contribution in [0.25, 0.3) is 21.7 Å². The zero-order valence-corrected chi connectivity index (χ0v) is 14.7. The smallest absolute Gasteiger partial charge is 0.267 e. The number of nitrogens with zero attached hydrogens (tertiary/aromatic N) is 5. The Balaban J connectivity index is 1.66. The van der Waals surface area contributed by atoms with E-state index in [1.54, 1.807) is 24.6 Å². The number of aryl methyl sites for hydroxylation is 1. The Bertz CT molecular complexity index is 1130. The number of hydrogen-bond acceptors (Lipinski definition) is 6. The minimum atomic E-state index is -2.68. The lowest BCUT2D eigenvalue weighted by Gasteiger charge is -2.09. The van der Waals surface area contributed by atoms with Crippen LogP contribution in [0.4, 0.5) is 8.78 Å². The molecule has 0 aliphatic heterocycles. The molecule has 0 atom stereocenters. The summed E-state index contributed by atoms with van der Waals surface area (Å²) in [6, 6.07) is 1.55. The van der Waals surface area contributed by atoms with Crippen LogP contribution in [0.5, 0.6) is 0 Å². The van der Waals surface area contributed by atoms with Gasteiger partial charge in [-0.25, -0.2) is 23.7 Å². The molecule has 1 amide bonds. The van der Waals surface area contributed by atoms with Crippen LogP contribution in [0.15, 0.2) is 42.4 Å². The predicted octanol–water partition coefficient (Wildman–Crippen LogP) is 3.58. The number of nitrogens with one attached hydrogen (secondary N) is 1. The van der Waals surface area contributed by atoms with Gasteiger partial charge in [-0.2, -0.15) is 0 Å². The maximum absolute atomic E-state index is 13.2. The van der Waals surface area contributed by atoms with E-state index in [-0.39, 0.29) is 16.5 Å². The Labute approximate surface area is 155 Å². The third-order valence-electron chi connectivity index (χ3n) is 3.94. The van der Waals surface area contributed by atoms with Crippen molar-refractivity contribution in [3.05, 3.63) is 59.3 Å². The van der Waals surface area contributed by atoms with Gasteiger partial charge in [-0.05, 0) is 13.0 Å². The molecule has 0 saturated heterocycles. The van der Waals surface area contributed by atoms with E-state index in [4.69, 9.17) is 0 Å². The number of pyridine rings is 1. The molecule has 0 spiro atoms. The van der Waals surface area contributed by atoms with Gasteiger partial charge in [0.2, 0.25) is 0 Å². The van der Waals surface area contributed by atoms with E-state index < -0.39 is 12.3 Å².